The molecule has 0 saturated carbocycles. The highest BCUT2D eigenvalue weighted by Gasteiger charge is 2.30. The lowest BCUT2D eigenvalue weighted by Crippen LogP contribution is -2.21. The standard InChI is InChI=1S/C11H19N3O2S2/c1-3-6-18(15,16)9-10(12)13-17-11(9)14-5-4-8(2)7-14/h8H,3-7H2,1-2H3,(H2,12,13). The predicted molar refractivity (Wildman–Crippen MR) is 74.9 cm³/mol. The van der Waals surface area contributed by atoms with Gasteiger partial charge in [0.05, 0.1) is 5.75 Å². The van der Waals surface area contributed by atoms with Gasteiger partial charge in [-0.15, -0.1) is 0 Å². The van der Waals surface area contributed by atoms with Crippen LogP contribution in [0.3, 0.4) is 0 Å². The van der Waals surface area contributed by atoms with Crippen LogP contribution in [0.1, 0.15) is 26.7 Å². The van der Waals surface area contributed by atoms with Gasteiger partial charge in [0.2, 0.25) is 0 Å². The molecule has 2 N–H and O–H groups in total. The fourth-order valence-electron chi connectivity index (χ4n) is 2.27. The van der Waals surface area contributed by atoms with Crippen molar-refractivity contribution < 1.29 is 8.42 Å². The number of anilines is 2. The van der Waals surface area contributed by atoms with Crippen LogP contribution in [0.2, 0.25) is 0 Å². The summed E-state index contributed by atoms with van der Waals surface area (Å²) in [5, 5.41) is 0.727. The highest BCUT2D eigenvalue weighted by atomic mass is 32.2. The van der Waals surface area contributed by atoms with E-state index in [4.69, 9.17) is 5.73 Å². The minimum atomic E-state index is -3.30. The maximum absolute atomic E-state index is 12.2. The van der Waals surface area contributed by atoms with Crippen molar-refractivity contribution >= 4 is 32.2 Å². The summed E-state index contributed by atoms with van der Waals surface area (Å²) in [5.74, 6) is 0.879. The molecule has 102 valence electrons. The minimum Gasteiger partial charge on any atom is -0.382 e. The number of sulfone groups is 1. The third-order valence-electron chi connectivity index (χ3n) is 3.15. The fourth-order valence-corrected chi connectivity index (χ4v) is 5.07. The molecule has 1 atom stereocenters. The van der Waals surface area contributed by atoms with E-state index in [1.54, 1.807) is 0 Å². The number of nitrogens with two attached hydrogens (primary N) is 1. The number of nitrogen functional groups attached to an aromatic ring is 1. The second-order valence-electron chi connectivity index (χ2n) is 4.86. The molecule has 5 nitrogen and oxygen atoms in total. The van der Waals surface area contributed by atoms with Gasteiger partial charge < -0.3 is 10.6 Å². The molecule has 0 spiro atoms. The largest absolute Gasteiger partial charge is 0.382 e. The van der Waals surface area contributed by atoms with E-state index in [9.17, 15) is 8.42 Å². The molecule has 1 aliphatic rings. The fraction of sp³-hybridized carbons (Fsp3) is 0.727. The second kappa shape index (κ2) is 5.05. The number of hydrogen-bond acceptors (Lipinski definition) is 6. The van der Waals surface area contributed by atoms with E-state index in [2.05, 4.69) is 16.2 Å². The van der Waals surface area contributed by atoms with Gasteiger partial charge in [0.15, 0.2) is 15.7 Å². The van der Waals surface area contributed by atoms with Crippen LogP contribution in [0, 0.1) is 5.92 Å². The van der Waals surface area contributed by atoms with Crippen LogP contribution in [0.4, 0.5) is 10.8 Å². The van der Waals surface area contributed by atoms with Gasteiger partial charge in [0.1, 0.15) is 9.90 Å². The molecule has 0 aromatic carbocycles. The Hall–Kier alpha value is -0.820. The summed E-state index contributed by atoms with van der Waals surface area (Å²) < 4.78 is 28.5. The third kappa shape index (κ3) is 2.47. The Labute approximate surface area is 112 Å². The normalized spacial score (nSPS) is 20.6. The van der Waals surface area contributed by atoms with Crippen LogP contribution in [-0.4, -0.2) is 31.6 Å². The highest BCUT2D eigenvalue weighted by molar-refractivity contribution is 7.91. The van der Waals surface area contributed by atoms with E-state index in [0.29, 0.717) is 12.3 Å². The number of hydrogen-bond donors (Lipinski definition) is 1. The maximum Gasteiger partial charge on any atom is 0.185 e. The molecule has 7 heteroatoms. The van der Waals surface area contributed by atoms with E-state index >= 15 is 0 Å². The summed E-state index contributed by atoms with van der Waals surface area (Å²) in [6.07, 6.45) is 1.68. The third-order valence-corrected chi connectivity index (χ3v) is 6.17. The summed E-state index contributed by atoms with van der Waals surface area (Å²) in [6, 6.07) is 0. The summed E-state index contributed by atoms with van der Waals surface area (Å²) in [6.45, 7) is 5.80. The highest BCUT2D eigenvalue weighted by Crippen LogP contribution is 2.37. The van der Waals surface area contributed by atoms with Crippen LogP contribution in [-0.2, 0) is 9.84 Å². The minimum absolute atomic E-state index is 0.131. The van der Waals surface area contributed by atoms with Gasteiger partial charge in [-0.05, 0) is 30.3 Å². The van der Waals surface area contributed by atoms with Gasteiger partial charge in [-0.25, -0.2) is 8.42 Å². The van der Waals surface area contributed by atoms with Crippen molar-refractivity contribution in [3.05, 3.63) is 0 Å². The number of aromatic nitrogens is 1. The Balaban J connectivity index is 2.39. The molecular formula is C11H19N3O2S2. The Morgan fingerprint density at radius 3 is 2.83 bits per heavy atom. The van der Waals surface area contributed by atoms with Crippen LogP contribution in [0.5, 0.6) is 0 Å². The smallest absolute Gasteiger partial charge is 0.185 e. The Morgan fingerprint density at radius 1 is 1.56 bits per heavy atom. The Bertz CT molecular complexity index is 524. The van der Waals surface area contributed by atoms with Crippen molar-refractivity contribution in [2.45, 2.75) is 31.6 Å². The molecular weight excluding hydrogens is 270 g/mol. The van der Waals surface area contributed by atoms with Gasteiger partial charge >= 0.3 is 0 Å². The zero-order valence-electron chi connectivity index (χ0n) is 10.7. The van der Waals surface area contributed by atoms with Gasteiger partial charge in [-0.1, -0.05) is 13.8 Å². The van der Waals surface area contributed by atoms with Gasteiger partial charge in [-0.3, -0.25) is 0 Å². The molecule has 0 bridgehead atoms. The van der Waals surface area contributed by atoms with Crippen molar-refractivity contribution in [1.29, 1.82) is 0 Å². The first-order chi connectivity index (χ1) is 8.45. The number of nitrogens with zero attached hydrogens (tertiary/aromatic N) is 2. The lowest BCUT2D eigenvalue weighted by atomic mass is 10.2. The lowest BCUT2D eigenvalue weighted by Gasteiger charge is -2.17. The van der Waals surface area contributed by atoms with E-state index in [1.165, 1.54) is 11.5 Å². The topological polar surface area (TPSA) is 76.3 Å². The average molecular weight is 289 g/mol. The van der Waals surface area contributed by atoms with E-state index in [0.717, 1.165) is 24.5 Å². The maximum atomic E-state index is 12.2. The first-order valence-electron chi connectivity index (χ1n) is 6.18. The summed E-state index contributed by atoms with van der Waals surface area (Å²) in [5.41, 5.74) is 5.75. The molecule has 1 aromatic heterocycles. The molecule has 1 aromatic rings. The first kappa shape index (κ1) is 13.6. The second-order valence-corrected chi connectivity index (χ2v) is 7.66. The van der Waals surface area contributed by atoms with Gasteiger partial charge in [0, 0.05) is 13.1 Å². The van der Waals surface area contributed by atoms with Gasteiger partial charge in [0.25, 0.3) is 0 Å². The summed E-state index contributed by atoms with van der Waals surface area (Å²) >= 11 is 1.20. The Morgan fingerprint density at radius 2 is 2.28 bits per heavy atom. The van der Waals surface area contributed by atoms with Crippen LogP contribution in [0.15, 0.2) is 4.90 Å². The quantitative estimate of drug-likeness (QED) is 0.914. The van der Waals surface area contributed by atoms with Crippen molar-refractivity contribution in [2.24, 2.45) is 5.92 Å². The summed E-state index contributed by atoms with van der Waals surface area (Å²) in [7, 11) is -3.30. The van der Waals surface area contributed by atoms with Gasteiger partial charge in [-0.2, -0.15) is 4.37 Å². The first-order valence-corrected chi connectivity index (χ1v) is 8.61. The monoisotopic (exact) mass is 289 g/mol. The molecule has 1 aliphatic heterocycles. The molecule has 1 fully saturated rings. The van der Waals surface area contributed by atoms with Crippen molar-refractivity contribution in [2.75, 3.05) is 29.5 Å². The summed E-state index contributed by atoms with van der Waals surface area (Å²) in [4.78, 5) is 2.35. The molecule has 2 heterocycles. The van der Waals surface area contributed by atoms with Crippen molar-refractivity contribution in [3.8, 4) is 0 Å². The van der Waals surface area contributed by atoms with E-state index in [1.807, 2.05) is 6.92 Å². The van der Waals surface area contributed by atoms with Crippen molar-refractivity contribution in [1.82, 2.24) is 4.37 Å². The molecule has 2 rings (SSSR count). The van der Waals surface area contributed by atoms with Crippen LogP contribution >= 0.6 is 11.5 Å². The molecule has 1 saturated heterocycles. The SMILES string of the molecule is CCCS(=O)(=O)c1c(N)nsc1N1CCC(C)C1. The molecule has 1 unspecified atom stereocenters. The van der Waals surface area contributed by atoms with Crippen LogP contribution < -0.4 is 10.6 Å². The number of rotatable bonds is 4. The zero-order valence-corrected chi connectivity index (χ0v) is 12.4. The predicted octanol–water partition coefficient (Wildman–Crippen LogP) is 1.76. The van der Waals surface area contributed by atoms with E-state index in [-0.39, 0.29) is 16.5 Å². The van der Waals surface area contributed by atoms with E-state index < -0.39 is 9.84 Å². The zero-order chi connectivity index (χ0) is 13.3. The molecule has 0 radical (unpaired) electrons. The average Bonchev–Trinajstić information content (AvgIpc) is 2.84. The van der Waals surface area contributed by atoms with Crippen molar-refractivity contribution in [3.63, 3.8) is 0 Å². The molecule has 0 amide bonds. The molecule has 18 heavy (non-hydrogen) atoms. The Kier molecular flexibility index (Phi) is 3.82. The van der Waals surface area contributed by atoms with Crippen LogP contribution in [0.25, 0.3) is 0 Å². The lowest BCUT2D eigenvalue weighted by molar-refractivity contribution is 0.595. The molecule has 0 aliphatic carbocycles.